The van der Waals surface area contributed by atoms with Crippen molar-refractivity contribution in [1.29, 1.82) is 0 Å². The monoisotopic (exact) mass is 187 g/mol. The van der Waals surface area contributed by atoms with Gasteiger partial charge in [-0.05, 0) is 17.4 Å². The zero-order valence-corrected chi connectivity index (χ0v) is 7.32. The SMILES string of the molecule is Cl.Clc1ccc2c(c1)=NCC=2. The molecule has 0 spiro atoms. The van der Waals surface area contributed by atoms with Crippen molar-refractivity contribution in [3.05, 3.63) is 33.8 Å². The van der Waals surface area contributed by atoms with E-state index in [0.717, 1.165) is 16.9 Å². The van der Waals surface area contributed by atoms with Crippen LogP contribution in [0.2, 0.25) is 5.02 Å². The van der Waals surface area contributed by atoms with Gasteiger partial charge in [0.05, 0.1) is 11.9 Å². The van der Waals surface area contributed by atoms with Gasteiger partial charge in [-0.15, -0.1) is 12.4 Å². The Morgan fingerprint density at radius 2 is 2.18 bits per heavy atom. The molecule has 0 amide bonds. The highest BCUT2D eigenvalue weighted by Crippen LogP contribution is 2.00. The van der Waals surface area contributed by atoms with E-state index < -0.39 is 0 Å². The molecule has 0 unspecified atom stereocenters. The summed E-state index contributed by atoms with van der Waals surface area (Å²) in [6, 6.07) is 5.77. The minimum atomic E-state index is 0. The van der Waals surface area contributed by atoms with Crippen molar-refractivity contribution >= 4 is 30.1 Å². The number of benzene rings is 1. The predicted octanol–water partition coefficient (Wildman–Crippen LogP) is 1.18. The Morgan fingerprint density at radius 1 is 1.36 bits per heavy atom. The first-order valence-corrected chi connectivity index (χ1v) is 3.54. The molecule has 0 fully saturated rings. The van der Waals surface area contributed by atoms with Crippen LogP contribution in [-0.4, -0.2) is 6.54 Å². The second kappa shape index (κ2) is 3.24. The summed E-state index contributed by atoms with van der Waals surface area (Å²) in [4.78, 5) is 4.22. The van der Waals surface area contributed by atoms with E-state index in [1.165, 1.54) is 5.22 Å². The number of fused-ring (bicyclic) bond motifs is 1. The molecule has 2 rings (SSSR count). The van der Waals surface area contributed by atoms with E-state index in [1.807, 2.05) is 18.2 Å². The first kappa shape index (κ1) is 8.57. The van der Waals surface area contributed by atoms with Crippen LogP contribution in [0.4, 0.5) is 0 Å². The Morgan fingerprint density at radius 3 is 3.00 bits per heavy atom. The van der Waals surface area contributed by atoms with E-state index >= 15 is 0 Å². The molecule has 0 N–H and O–H groups in total. The maximum atomic E-state index is 5.75. The summed E-state index contributed by atoms with van der Waals surface area (Å²) in [6.07, 6.45) is 2.09. The molecule has 1 aliphatic heterocycles. The lowest BCUT2D eigenvalue weighted by Gasteiger charge is -1.84. The normalized spacial score (nSPS) is 12.5. The molecule has 11 heavy (non-hydrogen) atoms. The molecule has 1 aromatic rings. The Kier molecular flexibility index (Phi) is 2.53. The average Bonchev–Trinajstić information content (AvgIpc) is 2.33. The molecule has 0 saturated carbocycles. The van der Waals surface area contributed by atoms with Crippen LogP contribution in [0.25, 0.3) is 6.08 Å². The number of hydrogen-bond acceptors (Lipinski definition) is 1. The number of rotatable bonds is 0. The van der Waals surface area contributed by atoms with E-state index in [2.05, 4.69) is 11.1 Å². The Bertz CT molecular complexity index is 370. The van der Waals surface area contributed by atoms with Crippen molar-refractivity contribution in [2.24, 2.45) is 4.99 Å². The minimum Gasteiger partial charge on any atom is -0.281 e. The van der Waals surface area contributed by atoms with Crippen molar-refractivity contribution in [3.63, 3.8) is 0 Å². The molecule has 0 radical (unpaired) electrons. The topological polar surface area (TPSA) is 12.4 Å². The quantitative estimate of drug-likeness (QED) is 0.579. The van der Waals surface area contributed by atoms with Crippen LogP contribution in [0, 0.1) is 0 Å². The fraction of sp³-hybridized carbons (Fsp3) is 0.125. The van der Waals surface area contributed by atoms with Gasteiger partial charge in [0.15, 0.2) is 0 Å². The van der Waals surface area contributed by atoms with Crippen LogP contribution in [0.3, 0.4) is 0 Å². The molecule has 0 aromatic heterocycles. The molecule has 1 aromatic carbocycles. The Hall–Kier alpha value is -0.530. The van der Waals surface area contributed by atoms with E-state index in [1.54, 1.807) is 0 Å². The van der Waals surface area contributed by atoms with Crippen LogP contribution >= 0.6 is 24.0 Å². The van der Waals surface area contributed by atoms with Crippen LogP contribution in [0.5, 0.6) is 0 Å². The molecule has 1 heterocycles. The molecule has 1 nitrogen and oxygen atoms in total. The highest BCUT2D eigenvalue weighted by atomic mass is 35.5. The summed E-state index contributed by atoms with van der Waals surface area (Å²) in [7, 11) is 0. The van der Waals surface area contributed by atoms with Crippen LogP contribution < -0.4 is 10.6 Å². The molecular weight excluding hydrogens is 181 g/mol. The minimum absolute atomic E-state index is 0. The fourth-order valence-electron chi connectivity index (χ4n) is 1.07. The van der Waals surface area contributed by atoms with Gasteiger partial charge in [-0.25, -0.2) is 0 Å². The molecule has 3 heteroatoms. The third kappa shape index (κ3) is 1.55. The van der Waals surface area contributed by atoms with E-state index in [4.69, 9.17) is 11.6 Å². The van der Waals surface area contributed by atoms with E-state index in [-0.39, 0.29) is 12.4 Å². The molecule has 0 atom stereocenters. The summed E-state index contributed by atoms with van der Waals surface area (Å²) >= 11 is 5.75. The summed E-state index contributed by atoms with van der Waals surface area (Å²) in [5.74, 6) is 0. The zero-order valence-electron chi connectivity index (χ0n) is 5.75. The number of nitrogens with zero attached hydrogens (tertiary/aromatic N) is 1. The molecule has 58 valence electrons. The summed E-state index contributed by atoms with van der Waals surface area (Å²) < 4.78 is 0. The molecule has 0 saturated heterocycles. The molecule has 1 aliphatic rings. The van der Waals surface area contributed by atoms with Gasteiger partial charge in [0.1, 0.15) is 0 Å². The molecule has 0 bridgehead atoms. The summed E-state index contributed by atoms with van der Waals surface area (Å²) in [5, 5.41) is 2.98. The van der Waals surface area contributed by atoms with Crippen molar-refractivity contribution in [2.75, 3.05) is 6.54 Å². The third-order valence-electron chi connectivity index (χ3n) is 1.57. The van der Waals surface area contributed by atoms with Gasteiger partial charge < -0.3 is 0 Å². The maximum Gasteiger partial charge on any atom is 0.0662 e. The van der Waals surface area contributed by atoms with Gasteiger partial charge in [0.2, 0.25) is 0 Å². The highest BCUT2D eigenvalue weighted by Gasteiger charge is 1.93. The van der Waals surface area contributed by atoms with Crippen LogP contribution in [0.1, 0.15) is 0 Å². The van der Waals surface area contributed by atoms with Gasteiger partial charge >= 0.3 is 0 Å². The Balaban J connectivity index is 0.000000605. The second-order valence-corrected chi connectivity index (χ2v) is 2.68. The average molecular weight is 188 g/mol. The third-order valence-corrected chi connectivity index (χ3v) is 1.80. The maximum absolute atomic E-state index is 5.75. The van der Waals surface area contributed by atoms with Crippen molar-refractivity contribution in [2.45, 2.75) is 0 Å². The molecular formula is C8H7Cl2N. The standard InChI is InChI=1S/C8H6ClN.ClH/c9-7-2-1-6-3-4-10-8(6)5-7;/h1-3,5H,4H2;1H. The summed E-state index contributed by atoms with van der Waals surface area (Å²) in [6.45, 7) is 0.801. The Labute approximate surface area is 75.8 Å². The lowest BCUT2D eigenvalue weighted by atomic mass is 10.3. The first-order chi connectivity index (χ1) is 4.86. The lowest BCUT2D eigenvalue weighted by molar-refractivity contribution is 1.22. The van der Waals surface area contributed by atoms with Gasteiger partial charge in [-0.1, -0.05) is 23.7 Å². The van der Waals surface area contributed by atoms with Gasteiger partial charge in [-0.3, -0.25) is 4.99 Å². The first-order valence-electron chi connectivity index (χ1n) is 3.16. The van der Waals surface area contributed by atoms with E-state index in [0.29, 0.717) is 0 Å². The van der Waals surface area contributed by atoms with Crippen molar-refractivity contribution in [3.8, 4) is 0 Å². The molecule has 0 aliphatic carbocycles. The van der Waals surface area contributed by atoms with Gasteiger partial charge in [-0.2, -0.15) is 0 Å². The number of halogens is 2. The highest BCUT2D eigenvalue weighted by molar-refractivity contribution is 6.30. The van der Waals surface area contributed by atoms with Crippen LogP contribution in [0.15, 0.2) is 23.2 Å². The van der Waals surface area contributed by atoms with Crippen molar-refractivity contribution in [1.82, 2.24) is 0 Å². The van der Waals surface area contributed by atoms with Crippen LogP contribution in [-0.2, 0) is 0 Å². The van der Waals surface area contributed by atoms with Crippen molar-refractivity contribution < 1.29 is 0 Å². The largest absolute Gasteiger partial charge is 0.281 e. The zero-order chi connectivity index (χ0) is 6.97. The smallest absolute Gasteiger partial charge is 0.0662 e. The van der Waals surface area contributed by atoms with E-state index in [9.17, 15) is 0 Å². The predicted molar refractivity (Wildman–Crippen MR) is 48.8 cm³/mol. The lowest BCUT2D eigenvalue weighted by Crippen LogP contribution is -2.20. The second-order valence-electron chi connectivity index (χ2n) is 2.25. The fourth-order valence-corrected chi connectivity index (χ4v) is 1.24. The van der Waals surface area contributed by atoms with Gasteiger partial charge in [0.25, 0.3) is 0 Å². The number of hydrogen-bond donors (Lipinski definition) is 0. The summed E-state index contributed by atoms with van der Waals surface area (Å²) in [5.41, 5.74) is 0. The van der Waals surface area contributed by atoms with Gasteiger partial charge in [0, 0.05) is 5.02 Å².